The fraction of sp³-hybridized carbons (Fsp3) is 0.684. The zero-order chi connectivity index (χ0) is 16.7. The number of nitrogens with one attached hydrogen (secondary N) is 1. The Balaban J connectivity index is 2.17. The number of rotatable bonds is 8. The lowest BCUT2D eigenvalue weighted by Crippen LogP contribution is -2.39. The summed E-state index contributed by atoms with van der Waals surface area (Å²) in [4.78, 5) is 2.61. The van der Waals surface area contributed by atoms with Crippen LogP contribution in [0, 0.1) is 5.92 Å². The molecule has 0 amide bonds. The number of benzene rings is 1. The van der Waals surface area contributed by atoms with E-state index in [1.807, 2.05) is 6.07 Å². The smallest absolute Gasteiger partial charge is 0.161 e. The van der Waals surface area contributed by atoms with E-state index in [0.29, 0.717) is 12.0 Å². The standard InChI is InChI=1S/C19H32N2O2/c1-15(2)13-20-14-17(21-10-6-5-7-11-21)16-8-9-18(22-3)19(12-16)23-4/h8-9,12,15,17,20H,5-7,10-11,13-14H2,1-4H3. The first kappa shape index (κ1) is 18.1. The minimum absolute atomic E-state index is 0.397. The molecule has 0 saturated carbocycles. The Kier molecular flexibility index (Phi) is 7.18. The highest BCUT2D eigenvalue weighted by Gasteiger charge is 2.23. The van der Waals surface area contributed by atoms with Crippen LogP contribution in [-0.4, -0.2) is 45.3 Å². The molecule has 1 saturated heterocycles. The summed E-state index contributed by atoms with van der Waals surface area (Å²) in [6.45, 7) is 8.90. The number of hydrogen-bond acceptors (Lipinski definition) is 4. The second-order valence-corrected chi connectivity index (χ2v) is 6.78. The molecular weight excluding hydrogens is 288 g/mol. The van der Waals surface area contributed by atoms with Crippen molar-refractivity contribution in [3.63, 3.8) is 0 Å². The number of ether oxygens (including phenoxy) is 2. The predicted octanol–water partition coefficient (Wildman–Crippen LogP) is 3.48. The van der Waals surface area contributed by atoms with Gasteiger partial charge in [-0.25, -0.2) is 0 Å². The molecule has 1 heterocycles. The molecular formula is C19H32N2O2. The van der Waals surface area contributed by atoms with E-state index in [4.69, 9.17) is 9.47 Å². The van der Waals surface area contributed by atoms with Crippen LogP contribution >= 0.6 is 0 Å². The summed E-state index contributed by atoms with van der Waals surface area (Å²) in [5.74, 6) is 2.28. The first-order valence-electron chi connectivity index (χ1n) is 8.82. The maximum atomic E-state index is 5.49. The Morgan fingerprint density at radius 1 is 1.00 bits per heavy atom. The quantitative estimate of drug-likeness (QED) is 0.795. The van der Waals surface area contributed by atoms with Crippen LogP contribution in [0.5, 0.6) is 11.5 Å². The van der Waals surface area contributed by atoms with Crippen molar-refractivity contribution in [1.82, 2.24) is 10.2 Å². The molecule has 1 atom stereocenters. The third-order valence-corrected chi connectivity index (χ3v) is 4.51. The van der Waals surface area contributed by atoms with Gasteiger partial charge < -0.3 is 14.8 Å². The minimum Gasteiger partial charge on any atom is -0.493 e. The van der Waals surface area contributed by atoms with Crippen LogP contribution < -0.4 is 14.8 Å². The van der Waals surface area contributed by atoms with E-state index in [2.05, 4.69) is 36.2 Å². The Morgan fingerprint density at radius 2 is 1.70 bits per heavy atom. The Morgan fingerprint density at radius 3 is 2.30 bits per heavy atom. The summed E-state index contributed by atoms with van der Waals surface area (Å²) >= 11 is 0. The van der Waals surface area contributed by atoms with Gasteiger partial charge in [-0.2, -0.15) is 0 Å². The van der Waals surface area contributed by atoms with Gasteiger partial charge in [0.15, 0.2) is 11.5 Å². The highest BCUT2D eigenvalue weighted by Crippen LogP contribution is 2.32. The summed E-state index contributed by atoms with van der Waals surface area (Å²) in [6.07, 6.45) is 3.95. The van der Waals surface area contributed by atoms with E-state index in [9.17, 15) is 0 Å². The monoisotopic (exact) mass is 320 g/mol. The van der Waals surface area contributed by atoms with Crippen molar-refractivity contribution in [3.8, 4) is 11.5 Å². The number of piperidine rings is 1. The molecule has 1 unspecified atom stereocenters. The number of likely N-dealkylation sites (tertiary alicyclic amines) is 1. The van der Waals surface area contributed by atoms with Gasteiger partial charge >= 0.3 is 0 Å². The second kappa shape index (κ2) is 9.14. The van der Waals surface area contributed by atoms with Crippen LogP contribution in [0.15, 0.2) is 18.2 Å². The topological polar surface area (TPSA) is 33.7 Å². The molecule has 0 bridgehead atoms. The molecule has 1 fully saturated rings. The summed E-state index contributed by atoms with van der Waals surface area (Å²) in [5.41, 5.74) is 1.31. The highest BCUT2D eigenvalue weighted by atomic mass is 16.5. The minimum atomic E-state index is 0.397. The van der Waals surface area contributed by atoms with Crippen LogP contribution in [0.3, 0.4) is 0 Å². The van der Waals surface area contributed by atoms with Crippen LogP contribution in [0.4, 0.5) is 0 Å². The van der Waals surface area contributed by atoms with E-state index in [1.54, 1.807) is 14.2 Å². The summed E-state index contributed by atoms with van der Waals surface area (Å²) < 4.78 is 10.9. The Hall–Kier alpha value is -1.26. The SMILES string of the molecule is COc1ccc(C(CNCC(C)C)N2CCCCC2)cc1OC. The average molecular weight is 320 g/mol. The van der Waals surface area contributed by atoms with Crippen molar-refractivity contribution >= 4 is 0 Å². The van der Waals surface area contributed by atoms with Gasteiger partial charge in [0, 0.05) is 12.6 Å². The summed E-state index contributed by atoms with van der Waals surface area (Å²) in [7, 11) is 3.39. The molecule has 1 aromatic rings. The number of methoxy groups -OCH3 is 2. The van der Waals surface area contributed by atoms with Crippen molar-refractivity contribution in [3.05, 3.63) is 23.8 Å². The van der Waals surface area contributed by atoms with Crippen LogP contribution in [0.25, 0.3) is 0 Å². The zero-order valence-corrected chi connectivity index (χ0v) is 15.1. The molecule has 2 rings (SSSR count). The van der Waals surface area contributed by atoms with E-state index in [0.717, 1.165) is 24.6 Å². The van der Waals surface area contributed by atoms with Crippen LogP contribution in [-0.2, 0) is 0 Å². The van der Waals surface area contributed by atoms with Gasteiger partial charge in [-0.1, -0.05) is 26.3 Å². The first-order valence-corrected chi connectivity index (χ1v) is 8.82. The van der Waals surface area contributed by atoms with Gasteiger partial charge in [0.1, 0.15) is 0 Å². The lowest BCUT2D eigenvalue weighted by molar-refractivity contribution is 0.159. The van der Waals surface area contributed by atoms with E-state index < -0.39 is 0 Å². The first-order chi connectivity index (χ1) is 11.2. The van der Waals surface area contributed by atoms with Gasteiger partial charge in [-0.15, -0.1) is 0 Å². The van der Waals surface area contributed by atoms with Gasteiger partial charge in [0.2, 0.25) is 0 Å². The summed E-state index contributed by atoms with van der Waals surface area (Å²) in [6, 6.07) is 6.73. The average Bonchev–Trinajstić information content (AvgIpc) is 2.58. The van der Waals surface area contributed by atoms with E-state index >= 15 is 0 Å². The normalized spacial score (nSPS) is 17.3. The van der Waals surface area contributed by atoms with Gasteiger partial charge in [-0.05, 0) is 56.1 Å². The molecule has 1 aliphatic heterocycles. The number of nitrogens with zero attached hydrogens (tertiary/aromatic N) is 1. The van der Waals surface area contributed by atoms with Gasteiger partial charge in [-0.3, -0.25) is 4.90 Å². The zero-order valence-electron chi connectivity index (χ0n) is 15.1. The molecule has 0 aromatic heterocycles. The maximum Gasteiger partial charge on any atom is 0.161 e. The molecule has 1 aliphatic rings. The molecule has 0 aliphatic carbocycles. The maximum absolute atomic E-state index is 5.49. The Bertz CT molecular complexity index is 470. The molecule has 0 radical (unpaired) electrons. The molecule has 1 aromatic carbocycles. The molecule has 0 spiro atoms. The van der Waals surface area contributed by atoms with Crippen LogP contribution in [0.1, 0.15) is 44.7 Å². The highest BCUT2D eigenvalue weighted by molar-refractivity contribution is 5.44. The fourth-order valence-corrected chi connectivity index (χ4v) is 3.26. The van der Waals surface area contributed by atoms with Crippen molar-refractivity contribution in [2.75, 3.05) is 40.4 Å². The molecule has 130 valence electrons. The van der Waals surface area contributed by atoms with Crippen LogP contribution in [0.2, 0.25) is 0 Å². The van der Waals surface area contributed by atoms with Crippen molar-refractivity contribution in [1.29, 1.82) is 0 Å². The van der Waals surface area contributed by atoms with Crippen molar-refractivity contribution in [2.24, 2.45) is 5.92 Å². The fourth-order valence-electron chi connectivity index (χ4n) is 3.26. The molecule has 23 heavy (non-hydrogen) atoms. The van der Waals surface area contributed by atoms with Crippen molar-refractivity contribution in [2.45, 2.75) is 39.2 Å². The lowest BCUT2D eigenvalue weighted by atomic mass is 10.0. The Labute approximate surface area is 141 Å². The van der Waals surface area contributed by atoms with E-state index in [-0.39, 0.29) is 0 Å². The van der Waals surface area contributed by atoms with Gasteiger partial charge in [0.05, 0.1) is 14.2 Å². The molecule has 1 N–H and O–H groups in total. The third kappa shape index (κ3) is 5.11. The molecule has 4 heteroatoms. The third-order valence-electron chi connectivity index (χ3n) is 4.51. The summed E-state index contributed by atoms with van der Waals surface area (Å²) in [5, 5.41) is 3.63. The lowest BCUT2D eigenvalue weighted by Gasteiger charge is -2.35. The number of hydrogen-bond donors (Lipinski definition) is 1. The predicted molar refractivity (Wildman–Crippen MR) is 95.4 cm³/mol. The van der Waals surface area contributed by atoms with E-state index in [1.165, 1.54) is 37.9 Å². The van der Waals surface area contributed by atoms with Gasteiger partial charge in [0.25, 0.3) is 0 Å². The molecule has 4 nitrogen and oxygen atoms in total. The second-order valence-electron chi connectivity index (χ2n) is 6.78. The largest absolute Gasteiger partial charge is 0.493 e. The van der Waals surface area contributed by atoms with Crippen molar-refractivity contribution < 1.29 is 9.47 Å².